The fraction of sp³-hybridized carbons (Fsp3) is 0.412. The van der Waals surface area contributed by atoms with Gasteiger partial charge < -0.3 is 14.3 Å². The third kappa shape index (κ3) is 3.95. The molecule has 1 N–H and O–H groups in total. The van der Waals surface area contributed by atoms with Crippen LogP contribution in [-0.2, 0) is 11.3 Å². The van der Waals surface area contributed by atoms with E-state index in [-0.39, 0.29) is 11.8 Å². The van der Waals surface area contributed by atoms with Crippen LogP contribution in [0.4, 0.5) is 0 Å². The summed E-state index contributed by atoms with van der Waals surface area (Å²) in [4.78, 5) is 0. The van der Waals surface area contributed by atoms with Gasteiger partial charge in [0.25, 0.3) is 0 Å². The lowest BCUT2D eigenvalue weighted by Crippen LogP contribution is -2.27. The number of hydrogen-bond acceptors (Lipinski definition) is 3. The molecule has 3 heteroatoms. The fourth-order valence-corrected chi connectivity index (χ4v) is 2.25. The highest BCUT2D eigenvalue weighted by Crippen LogP contribution is 2.24. The van der Waals surface area contributed by atoms with Gasteiger partial charge in [-0.25, -0.2) is 0 Å². The molecule has 0 aliphatic carbocycles. The van der Waals surface area contributed by atoms with Gasteiger partial charge in [0.15, 0.2) is 0 Å². The molecule has 0 fully saturated rings. The summed E-state index contributed by atoms with van der Waals surface area (Å²) in [7, 11) is 0. The van der Waals surface area contributed by atoms with Crippen molar-refractivity contribution in [2.24, 2.45) is 5.92 Å². The lowest BCUT2D eigenvalue weighted by atomic mass is 9.92. The predicted octanol–water partition coefficient (Wildman–Crippen LogP) is 3.60. The van der Waals surface area contributed by atoms with Crippen molar-refractivity contribution in [3.63, 3.8) is 0 Å². The van der Waals surface area contributed by atoms with Crippen molar-refractivity contribution < 1.29 is 14.3 Å². The van der Waals surface area contributed by atoms with Gasteiger partial charge in [-0.15, -0.1) is 0 Å². The van der Waals surface area contributed by atoms with Crippen molar-refractivity contribution in [1.82, 2.24) is 0 Å². The molecule has 3 atom stereocenters. The molecule has 0 saturated carbocycles. The van der Waals surface area contributed by atoms with Crippen molar-refractivity contribution in [3.05, 3.63) is 60.1 Å². The van der Waals surface area contributed by atoms with E-state index in [1.807, 2.05) is 56.3 Å². The Morgan fingerprint density at radius 3 is 2.50 bits per heavy atom. The molecule has 1 aromatic carbocycles. The summed E-state index contributed by atoms with van der Waals surface area (Å²) < 4.78 is 11.0. The number of ether oxygens (including phenoxy) is 1. The third-order valence-electron chi connectivity index (χ3n) is 3.58. The average Bonchev–Trinajstić information content (AvgIpc) is 3.01. The lowest BCUT2D eigenvalue weighted by molar-refractivity contribution is 0.0158. The molecule has 0 bridgehead atoms. The quantitative estimate of drug-likeness (QED) is 0.839. The standard InChI is InChI=1S/C17H22O3/c1-13(11-19-12-15-7-4-3-5-8-15)17(18)14(2)16-9-6-10-20-16/h3-10,13-14,17-18H,11-12H2,1-2H3/t13-,14-,17-/m1/s1. The molecule has 0 amide bonds. The molecule has 0 aliphatic heterocycles. The Kier molecular flexibility index (Phi) is 5.39. The van der Waals surface area contributed by atoms with E-state index in [2.05, 4.69) is 0 Å². The minimum atomic E-state index is -0.475. The van der Waals surface area contributed by atoms with Crippen LogP contribution in [0, 0.1) is 5.92 Å². The number of furan rings is 1. The van der Waals surface area contributed by atoms with Gasteiger partial charge >= 0.3 is 0 Å². The van der Waals surface area contributed by atoms with Crippen molar-refractivity contribution in [2.75, 3.05) is 6.61 Å². The number of aliphatic hydroxyl groups is 1. The van der Waals surface area contributed by atoms with E-state index in [9.17, 15) is 5.11 Å². The molecule has 0 saturated heterocycles. The van der Waals surface area contributed by atoms with Crippen molar-refractivity contribution >= 4 is 0 Å². The average molecular weight is 274 g/mol. The van der Waals surface area contributed by atoms with Gasteiger partial charge in [-0.05, 0) is 17.7 Å². The van der Waals surface area contributed by atoms with Crippen LogP contribution in [-0.4, -0.2) is 17.8 Å². The van der Waals surface area contributed by atoms with E-state index < -0.39 is 6.10 Å². The Hall–Kier alpha value is -1.58. The van der Waals surface area contributed by atoms with Gasteiger partial charge in [0.05, 0.1) is 25.6 Å². The van der Waals surface area contributed by atoms with Gasteiger partial charge in [-0.1, -0.05) is 44.2 Å². The molecular formula is C17H22O3. The van der Waals surface area contributed by atoms with E-state index >= 15 is 0 Å². The second-order valence-electron chi connectivity index (χ2n) is 5.27. The summed E-state index contributed by atoms with van der Waals surface area (Å²) >= 11 is 0. The van der Waals surface area contributed by atoms with Crippen LogP contribution < -0.4 is 0 Å². The van der Waals surface area contributed by atoms with Gasteiger partial charge in [0.1, 0.15) is 5.76 Å². The summed E-state index contributed by atoms with van der Waals surface area (Å²) in [5, 5.41) is 10.3. The SMILES string of the molecule is C[C@H](COCc1ccccc1)[C@@H](O)[C@H](C)c1ccco1. The molecule has 1 aromatic heterocycles. The zero-order valence-corrected chi connectivity index (χ0v) is 12.0. The maximum atomic E-state index is 10.3. The Bertz CT molecular complexity index is 478. The van der Waals surface area contributed by atoms with Crippen molar-refractivity contribution in [3.8, 4) is 0 Å². The number of aliphatic hydroxyl groups excluding tert-OH is 1. The monoisotopic (exact) mass is 274 g/mol. The molecule has 0 unspecified atom stereocenters. The largest absolute Gasteiger partial charge is 0.469 e. The summed E-state index contributed by atoms with van der Waals surface area (Å²) in [6, 6.07) is 13.8. The van der Waals surface area contributed by atoms with Crippen LogP contribution in [0.1, 0.15) is 31.1 Å². The van der Waals surface area contributed by atoms with Crippen LogP contribution in [0.5, 0.6) is 0 Å². The van der Waals surface area contributed by atoms with E-state index in [1.54, 1.807) is 6.26 Å². The lowest BCUT2D eigenvalue weighted by Gasteiger charge is -2.23. The van der Waals surface area contributed by atoms with Crippen molar-refractivity contribution in [2.45, 2.75) is 32.5 Å². The molecular weight excluding hydrogens is 252 g/mol. The Labute approximate surface area is 120 Å². The molecule has 108 valence electrons. The zero-order chi connectivity index (χ0) is 14.4. The van der Waals surface area contributed by atoms with Crippen LogP contribution in [0.15, 0.2) is 53.1 Å². The van der Waals surface area contributed by atoms with E-state index in [4.69, 9.17) is 9.15 Å². The molecule has 3 nitrogen and oxygen atoms in total. The minimum absolute atomic E-state index is 0.0275. The third-order valence-corrected chi connectivity index (χ3v) is 3.58. The topological polar surface area (TPSA) is 42.6 Å². The first-order valence-corrected chi connectivity index (χ1v) is 7.01. The highest BCUT2D eigenvalue weighted by molar-refractivity contribution is 5.13. The highest BCUT2D eigenvalue weighted by atomic mass is 16.5. The van der Waals surface area contributed by atoms with Gasteiger partial charge in [-0.3, -0.25) is 0 Å². The predicted molar refractivity (Wildman–Crippen MR) is 78.4 cm³/mol. The minimum Gasteiger partial charge on any atom is -0.469 e. The summed E-state index contributed by atoms with van der Waals surface area (Å²) in [6.45, 7) is 5.07. The molecule has 2 rings (SSSR count). The van der Waals surface area contributed by atoms with E-state index in [1.165, 1.54) is 0 Å². The van der Waals surface area contributed by atoms with E-state index in [0.29, 0.717) is 13.2 Å². The fourth-order valence-electron chi connectivity index (χ4n) is 2.25. The molecule has 0 aliphatic rings. The Balaban J connectivity index is 1.78. The second-order valence-corrected chi connectivity index (χ2v) is 5.27. The molecule has 0 radical (unpaired) electrons. The molecule has 20 heavy (non-hydrogen) atoms. The van der Waals surface area contributed by atoms with Crippen molar-refractivity contribution in [1.29, 1.82) is 0 Å². The molecule has 1 heterocycles. The number of hydrogen-bond donors (Lipinski definition) is 1. The van der Waals surface area contributed by atoms with Crippen LogP contribution in [0.2, 0.25) is 0 Å². The normalized spacial score (nSPS) is 15.8. The Morgan fingerprint density at radius 2 is 1.85 bits per heavy atom. The van der Waals surface area contributed by atoms with Crippen LogP contribution in [0.25, 0.3) is 0 Å². The van der Waals surface area contributed by atoms with Gasteiger partial charge in [0.2, 0.25) is 0 Å². The van der Waals surface area contributed by atoms with Crippen LogP contribution in [0.3, 0.4) is 0 Å². The zero-order valence-electron chi connectivity index (χ0n) is 12.0. The first-order valence-electron chi connectivity index (χ1n) is 7.01. The Morgan fingerprint density at radius 1 is 1.10 bits per heavy atom. The first kappa shape index (κ1) is 14.8. The summed E-state index contributed by atoms with van der Waals surface area (Å²) in [5.74, 6) is 0.839. The second kappa shape index (κ2) is 7.27. The summed E-state index contributed by atoms with van der Waals surface area (Å²) in [5.41, 5.74) is 1.15. The number of rotatable bonds is 7. The molecule has 0 spiro atoms. The van der Waals surface area contributed by atoms with Gasteiger partial charge in [0, 0.05) is 11.8 Å². The van der Waals surface area contributed by atoms with Crippen LogP contribution >= 0.6 is 0 Å². The summed E-state index contributed by atoms with van der Waals surface area (Å²) in [6.07, 6.45) is 1.16. The van der Waals surface area contributed by atoms with E-state index in [0.717, 1.165) is 11.3 Å². The highest BCUT2D eigenvalue weighted by Gasteiger charge is 2.24. The van der Waals surface area contributed by atoms with Gasteiger partial charge in [-0.2, -0.15) is 0 Å². The maximum absolute atomic E-state index is 10.3. The smallest absolute Gasteiger partial charge is 0.109 e. The number of benzene rings is 1. The first-order chi connectivity index (χ1) is 9.68. The maximum Gasteiger partial charge on any atom is 0.109 e. The molecule has 2 aromatic rings.